The number of halogens is 2. The number of aromatic hydroxyl groups is 1. The zero-order chi connectivity index (χ0) is 26.9. The van der Waals surface area contributed by atoms with E-state index < -0.39 is 75.6 Å². The number of primary amides is 1. The molecule has 7 N–H and O–H groups in total. The van der Waals surface area contributed by atoms with Gasteiger partial charge in [0, 0.05) is 11.5 Å². The molecule has 11 nitrogen and oxygen atoms in total. The molecule has 4 rings (SSSR count). The van der Waals surface area contributed by atoms with Gasteiger partial charge in [0.25, 0.3) is 5.91 Å². The summed E-state index contributed by atoms with van der Waals surface area (Å²) in [5.74, 6) is -8.80. The van der Waals surface area contributed by atoms with Gasteiger partial charge >= 0.3 is 0 Å². The zero-order valence-electron chi connectivity index (χ0n) is 19.1. The highest BCUT2D eigenvalue weighted by atomic mass is 35.5. The summed E-state index contributed by atoms with van der Waals surface area (Å²) in [4.78, 5) is 52.0. The number of nitrogens with one attached hydrogen (secondary N) is 1. The van der Waals surface area contributed by atoms with Gasteiger partial charge in [-0.1, -0.05) is 11.6 Å². The maximum absolute atomic E-state index is 13.7. The molecule has 0 aliphatic heterocycles. The molecule has 1 aromatic rings. The molecule has 36 heavy (non-hydrogen) atoms. The lowest BCUT2D eigenvalue weighted by Gasteiger charge is -2.50. The lowest BCUT2D eigenvalue weighted by Crippen LogP contribution is -2.65. The van der Waals surface area contributed by atoms with Crippen molar-refractivity contribution in [1.82, 2.24) is 4.90 Å². The third-order valence-corrected chi connectivity index (χ3v) is 7.59. The molecule has 13 heteroatoms. The first-order valence-corrected chi connectivity index (χ1v) is 11.7. The molecule has 2 amide bonds. The van der Waals surface area contributed by atoms with Crippen molar-refractivity contribution in [2.75, 3.05) is 25.3 Å². The number of alkyl halides is 1. The van der Waals surface area contributed by atoms with E-state index in [0.29, 0.717) is 5.56 Å². The summed E-state index contributed by atoms with van der Waals surface area (Å²) in [7, 11) is 3.03. The fourth-order valence-electron chi connectivity index (χ4n) is 5.56. The number of nitrogens with two attached hydrogens (primary N) is 1. The normalized spacial score (nSPS) is 27.6. The summed E-state index contributed by atoms with van der Waals surface area (Å²) in [5.41, 5.74) is 1.28. The highest BCUT2D eigenvalue weighted by Crippen LogP contribution is 2.54. The Morgan fingerprint density at radius 3 is 2.44 bits per heavy atom. The number of amides is 2. The van der Waals surface area contributed by atoms with Gasteiger partial charge in [-0.15, -0.1) is 11.6 Å². The van der Waals surface area contributed by atoms with Crippen molar-refractivity contribution in [3.8, 4) is 5.75 Å². The number of carbonyl (C=O) groups is 4. The fraction of sp³-hybridized carbons (Fsp3) is 0.391. The summed E-state index contributed by atoms with van der Waals surface area (Å²) >= 11 is 11.7. The zero-order valence-corrected chi connectivity index (χ0v) is 20.6. The second-order valence-electron chi connectivity index (χ2n) is 9.26. The van der Waals surface area contributed by atoms with E-state index in [1.165, 1.54) is 25.1 Å². The van der Waals surface area contributed by atoms with Gasteiger partial charge < -0.3 is 31.5 Å². The van der Waals surface area contributed by atoms with Crippen LogP contribution >= 0.6 is 23.2 Å². The van der Waals surface area contributed by atoms with Crippen LogP contribution in [0, 0.1) is 11.8 Å². The minimum Gasteiger partial charge on any atom is -0.508 e. The molecule has 3 aliphatic rings. The molecular formula is C23H23Cl2N3O8. The third kappa shape index (κ3) is 3.49. The molecule has 0 bridgehead atoms. The van der Waals surface area contributed by atoms with E-state index >= 15 is 0 Å². The minimum atomic E-state index is -2.73. The lowest BCUT2D eigenvalue weighted by atomic mass is 9.57. The average molecular weight is 540 g/mol. The Labute approximate surface area is 214 Å². The smallest absolute Gasteiger partial charge is 0.255 e. The molecule has 192 valence electrons. The van der Waals surface area contributed by atoms with Gasteiger partial charge in [0.2, 0.25) is 11.7 Å². The van der Waals surface area contributed by atoms with E-state index in [9.17, 15) is 39.6 Å². The number of rotatable bonds is 4. The molecule has 0 heterocycles. The quantitative estimate of drug-likeness (QED) is 0.182. The first-order valence-electron chi connectivity index (χ1n) is 10.8. The maximum Gasteiger partial charge on any atom is 0.255 e. The summed E-state index contributed by atoms with van der Waals surface area (Å²) in [6.45, 7) is 0. The number of aliphatic hydroxyl groups excluding tert-OH is 2. The Balaban J connectivity index is 1.94. The molecule has 0 radical (unpaired) electrons. The number of aliphatic hydroxyl groups is 3. The van der Waals surface area contributed by atoms with Crippen LogP contribution in [0.2, 0.25) is 5.02 Å². The van der Waals surface area contributed by atoms with E-state index in [4.69, 9.17) is 28.9 Å². The number of ketones is 2. The van der Waals surface area contributed by atoms with Crippen molar-refractivity contribution in [2.24, 2.45) is 17.6 Å². The van der Waals surface area contributed by atoms with Crippen LogP contribution in [0.4, 0.5) is 5.69 Å². The van der Waals surface area contributed by atoms with Crippen molar-refractivity contribution < 1.29 is 39.6 Å². The molecule has 4 atom stereocenters. The number of phenols is 1. The fourth-order valence-corrected chi connectivity index (χ4v) is 5.89. The largest absolute Gasteiger partial charge is 0.508 e. The van der Waals surface area contributed by atoms with Crippen LogP contribution in [0.15, 0.2) is 23.0 Å². The number of anilines is 1. The maximum atomic E-state index is 13.7. The molecule has 0 aromatic heterocycles. The van der Waals surface area contributed by atoms with Crippen LogP contribution in [0.5, 0.6) is 5.75 Å². The highest BCUT2D eigenvalue weighted by molar-refractivity contribution is 6.35. The Morgan fingerprint density at radius 1 is 1.25 bits per heavy atom. The van der Waals surface area contributed by atoms with Gasteiger partial charge in [-0.05, 0) is 44.5 Å². The number of carbonyl (C=O) groups excluding carboxylic acids is 4. The Hall–Kier alpha value is -3.12. The van der Waals surface area contributed by atoms with E-state index in [1.807, 2.05) is 0 Å². The SMILES string of the molecule is CN(C)[C@@H]1C(=O)C(C(N)=O)=C(O)[C@@]2(O)C(=O)C3=C(O)c4c(cc(Cl)c(NC(=O)CCl)c4O)CC3CC12. The number of phenolic OH excluding ortho intramolecular Hbond substituents is 1. The van der Waals surface area contributed by atoms with Crippen molar-refractivity contribution in [3.63, 3.8) is 0 Å². The van der Waals surface area contributed by atoms with Crippen molar-refractivity contribution in [1.29, 1.82) is 0 Å². The number of hydrogen-bond donors (Lipinski definition) is 6. The van der Waals surface area contributed by atoms with Gasteiger partial charge in [0.15, 0.2) is 17.1 Å². The standard InChI is InChI=1S/C23H23Cl2N3O8/c1-28(2)16-9-4-7-3-8-5-10(25)15(27-11(29)6-24)18(31)12(8)17(30)13(7)20(33)23(9,36)21(34)14(19(16)32)22(26)35/h5,7,9,16,30-31,34,36H,3-4,6H2,1-2H3,(H2,26,35)(H,27,29)/t7?,9?,16-,23-/m0/s1. The molecule has 1 fully saturated rings. The Morgan fingerprint density at radius 2 is 1.89 bits per heavy atom. The third-order valence-electron chi connectivity index (χ3n) is 7.05. The monoisotopic (exact) mass is 539 g/mol. The summed E-state index contributed by atoms with van der Waals surface area (Å²) in [6.07, 6.45) is 0.0282. The van der Waals surface area contributed by atoms with E-state index in [-0.39, 0.29) is 34.7 Å². The molecule has 0 spiro atoms. The van der Waals surface area contributed by atoms with Crippen LogP contribution in [-0.2, 0) is 25.6 Å². The summed E-state index contributed by atoms with van der Waals surface area (Å²) in [5, 5.41) is 46.6. The lowest BCUT2D eigenvalue weighted by molar-refractivity contribution is -0.153. The van der Waals surface area contributed by atoms with Crippen LogP contribution in [0.1, 0.15) is 17.5 Å². The highest BCUT2D eigenvalue weighted by Gasteiger charge is 2.64. The predicted octanol–water partition coefficient (Wildman–Crippen LogP) is 0.795. The van der Waals surface area contributed by atoms with Crippen LogP contribution in [-0.4, -0.2) is 80.3 Å². The number of benzene rings is 1. The second-order valence-corrected chi connectivity index (χ2v) is 9.93. The molecule has 2 unspecified atom stereocenters. The first-order chi connectivity index (χ1) is 16.8. The topological polar surface area (TPSA) is 190 Å². The van der Waals surface area contributed by atoms with Crippen LogP contribution in [0.25, 0.3) is 5.76 Å². The van der Waals surface area contributed by atoms with Crippen molar-refractivity contribution in [3.05, 3.63) is 39.1 Å². The molecule has 3 aliphatic carbocycles. The Kier molecular flexibility index (Phi) is 6.32. The summed E-state index contributed by atoms with van der Waals surface area (Å²) < 4.78 is 0. The van der Waals surface area contributed by atoms with Crippen molar-refractivity contribution in [2.45, 2.75) is 24.5 Å². The molecular weight excluding hydrogens is 517 g/mol. The van der Waals surface area contributed by atoms with Gasteiger partial charge in [-0.2, -0.15) is 0 Å². The number of Topliss-reactive ketones (excluding diaryl/α,β-unsaturated/α-hetero) is 2. The number of nitrogens with zero attached hydrogens (tertiary/aromatic N) is 1. The van der Waals surface area contributed by atoms with E-state index in [2.05, 4.69) is 5.32 Å². The van der Waals surface area contributed by atoms with Gasteiger partial charge in [0.1, 0.15) is 28.7 Å². The Bertz CT molecular complexity index is 1300. The summed E-state index contributed by atoms with van der Waals surface area (Å²) in [6, 6.07) is 0.240. The first kappa shape index (κ1) is 26.0. The van der Waals surface area contributed by atoms with E-state index in [1.54, 1.807) is 0 Å². The van der Waals surface area contributed by atoms with Gasteiger partial charge in [-0.3, -0.25) is 24.1 Å². The molecule has 1 aromatic carbocycles. The van der Waals surface area contributed by atoms with E-state index in [0.717, 1.165) is 0 Å². The predicted molar refractivity (Wildman–Crippen MR) is 129 cm³/mol. The number of likely N-dealkylation sites (N-methyl/N-ethyl adjacent to an activating group) is 1. The van der Waals surface area contributed by atoms with Crippen LogP contribution in [0.3, 0.4) is 0 Å². The molecule has 1 saturated carbocycles. The number of hydrogen-bond acceptors (Lipinski definition) is 9. The molecule has 0 saturated heterocycles. The van der Waals surface area contributed by atoms with Gasteiger partial charge in [0.05, 0.1) is 16.6 Å². The second kappa shape index (κ2) is 8.77. The van der Waals surface area contributed by atoms with Crippen LogP contribution < -0.4 is 11.1 Å². The van der Waals surface area contributed by atoms with Gasteiger partial charge in [-0.25, -0.2) is 0 Å². The van der Waals surface area contributed by atoms with Crippen molar-refractivity contribution >= 4 is 58.0 Å². The number of fused-ring (bicyclic) bond motifs is 3. The average Bonchev–Trinajstić information content (AvgIpc) is 2.78. The minimum absolute atomic E-state index is 0.0368.